The Balaban J connectivity index is 1.87. The molecule has 0 aliphatic heterocycles. The Morgan fingerprint density at radius 2 is 1.76 bits per heavy atom. The molecule has 152 valence electrons. The molecule has 1 heterocycles. The Morgan fingerprint density at radius 3 is 2.31 bits per heavy atom. The van der Waals surface area contributed by atoms with Crippen LogP contribution < -0.4 is 10.4 Å². The van der Waals surface area contributed by atoms with Crippen LogP contribution in [0, 0.1) is 13.8 Å². The minimum atomic E-state index is -1.34. The maximum atomic E-state index is 12.7. The van der Waals surface area contributed by atoms with E-state index in [-0.39, 0.29) is 5.69 Å². The number of carbonyl (C=O) groups is 1. The van der Waals surface area contributed by atoms with Crippen LogP contribution in [0.3, 0.4) is 0 Å². The summed E-state index contributed by atoms with van der Waals surface area (Å²) in [6.45, 7) is 7.05. The van der Waals surface area contributed by atoms with Crippen LogP contribution >= 0.6 is 11.6 Å². The van der Waals surface area contributed by atoms with E-state index in [1.807, 2.05) is 26.0 Å². The zero-order chi connectivity index (χ0) is 21.3. The molecule has 0 saturated carbocycles. The zero-order valence-corrected chi connectivity index (χ0v) is 17.4. The molecule has 1 N–H and O–H groups in total. The fourth-order valence-electron chi connectivity index (χ4n) is 2.99. The standard InChI is InChI=1S/C21H22ClN3O4/c1-13-9-15(10-14(2)18(13)29-21(3,4)19(26)27)11-24-12-23-25(20(24)28)17-7-5-16(22)6-8-17/h5-10,12H,11H2,1-4H3,(H,26,27). The number of ether oxygens (including phenoxy) is 1. The molecule has 0 aliphatic rings. The molecular weight excluding hydrogens is 394 g/mol. The second kappa shape index (κ2) is 7.75. The first-order valence-corrected chi connectivity index (χ1v) is 9.39. The summed E-state index contributed by atoms with van der Waals surface area (Å²) >= 11 is 5.90. The third-order valence-electron chi connectivity index (χ3n) is 4.55. The maximum Gasteiger partial charge on any atom is 0.350 e. The highest BCUT2D eigenvalue weighted by Crippen LogP contribution is 2.29. The van der Waals surface area contributed by atoms with Crippen molar-refractivity contribution in [1.29, 1.82) is 0 Å². The predicted molar refractivity (Wildman–Crippen MR) is 110 cm³/mol. The summed E-state index contributed by atoms with van der Waals surface area (Å²) in [5, 5.41) is 14.1. The van der Waals surface area contributed by atoms with Crippen LogP contribution in [0.15, 0.2) is 47.5 Å². The molecular formula is C21H22ClN3O4. The number of benzene rings is 2. The second-order valence-electron chi connectivity index (χ2n) is 7.41. The number of aryl methyl sites for hydroxylation is 2. The summed E-state index contributed by atoms with van der Waals surface area (Å²) < 4.78 is 8.54. The number of rotatable bonds is 6. The molecule has 0 aliphatic carbocycles. The Labute approximate surface area is 173 Å². The predicted octanol–water partition coefficient (Wildman–Crippen LogP) is 3.59. The molecule has 0 atom stereocenters. The Bertz CT molecular complexity index is 1090. The van der Waals surface area contributed by atoms with Gasteiger partial charge in [-0.3, -0.25) is 4.57 Å². The topological polar surface area (TPSA) is 86.4 Å². The van der Waals surface area contributed by atoms with E-state index in [1.165, 1.54) is 29.4 Å². The fraction of sp³-hybridized carbons (Fsp3) is 0.286. The number of hydrogen-bond acceptors (Lipinski definition) is 4. The van der Waals surface area contributed by atoms with Crippen molar-refractivity contribution < 1.29 is 14.6 Å². The summed E-state index contributed by atoms with van der Waals surface area (Å²) in [4.78, 5) is 24.1. The number of aliphatic carboxylic acids is 1. The van der Waals surface area contributed by atoms with Crippen molar-refractivity contribution in [3.8, 4) is 11.4 Å². The number of nitrogens with zero attached hydrogens (tertiary/aromatic N) is 3. The smallest absolute Gasteiger partial charge is 0.350 e. The molecule has 0 radical (unpaired) electrons. The van der Waals surface area contributed by atoms with Gasteiger partial charge in [-0.15, -0.1) is 0 Å². The van der Waals surface area contributed by atoms with E-state index in [2.05, 4.69) is 5.10 Å². The van der Waals surface area contributed by atoms with Gasteiger partial charge >= 0.3 is 11.7 Å². The van der Waals surface area contributed by atoms with Crippen LogP contribution in [0.1, 0.15) is 30.5 Å². The molecule has 0 amide bonds. The molecule has 1 aromatic heterocycles. The second-order valence-corrected chi connectivity index (χ2v) is 7.84. The molecule has 7 nitrogen and oxygen atoms in total. The quantitative estimate of drug-likeness (QED) is 0.664. The van der Waals surface area contributed by atoms with E-state index in [0.29, 0.717) is 23.0 Å². The zero-order valence-electron chi connectivity index (χ0n) is 16.6. The third kappa shape index (κ3) is 4.35. The summed E-state index contributed by atoms with van der Waals surface area (Å²) in [6.07, 6.45) is 1.49. The van der Waals surface area contributed by atoms with Gasteiger partial charge in [0.15, 0.2) is 5.60 Å². The Hall–Kier alpha value is -3.06. The van der Waals surface area contributed by atoms with Crippen LogP contribution in [0.4, 0.5) is 0 Å². The molecule has 3 aromatic rings. The average molecular weight is 416 g/mol. The number of carboxylic acid groups (broad SMARTS) is 1. The van der Waals surface area contributed by atoms with Gasteiger partial charge in [0.25, 0.3) is 0 Å². The lowest BCUT2D eigenvalue weighted by atomic mass is 10.0. The average Bonchev–Trinajstić information content (AvgIpc) is 2.99. The summed E-state index contributed by atoms with van der Waals surface area (Å²) in [5.41, 5.74) is 1.51. The molecule has 0 unspecified atom stereocenters. The van der Waals surface area contributed by atoms with Crippen molar-refractivity contribution in [2.75, 3.05) is 0 Å². The van der Waals surface area contributed by atoms with Gasteiger partial charge in [0, 0.05) is 5.02 Å². The van der Waals surface area contributed by atoms with E-state index in [1.54, 1.807) is 24.3 Å². The SMILES string of the molecule is Cc1cc(Cn2cnn(-c3ccc(Cl)cc3)c2=O)cc(C)c1OC(C)(C)C(=O)O. The normalized spacial score (nSPS) is 11.5. The van der Waals surface area contributed by atoms with Crippen LogP contribution in [-0.2, 0) is 11.3 Å². The van der Waals surface area contributed by atoms with Gasteiger partial charge in [0.2, 0.25) is 0 Å². The lowest BCUT2D eigenvalue weighted by Gasteiger charge is -2.24. The lowest BCUT2D eigenvalue weighted by molar-refractivity contribution is -0.152. The van der Waals surface area contributed by atoms with Crippen molar-refractivity contribution in [3.63, 3.8) is 0 Å². The molecule has 3 rings (SSSR count). The van der Waals surface area contributed by atoms with Crippen molar-refractivity contribution in [2.45, 2.75) is 39.8 Å². The summed E-state index contributed by atoms with van der Waals surface area (Å²) in [5.74, 6) is -0.508. The molecule has 0 saturated heterocycles. The van der Waals surface area contributed by atoms with Crippen LogP contribution in [0.2, 0.25) is 5.02 Å². The van der Waals surface area contributed by atoms with Crippen LogP contribution in [0.5, 0.6) is 5.75 Å². The number of carboxylic acids is 1. The highest BCUT2D eigenvalue weighted by Gasteiger charge is 2.30. The van der Waals surface area contributed by atoms with Gasteiger partial charge in [-0.2, -0.15) is 9.78 Å². The van der Waals surface area contributed by atoms with Gasteiger partial charge in [-0.1, -0.05) is 23.7 Å². The highest BCUT2D eigenvalue weighted by atomic mass is 35.5. The van der Waals surface area contributed by atoms with E-state index < -0.39 is 11.6 Å². The monoisotopic (exact) mass is 415 g/mol. The van der Waals surface area contributed by atoms with Gasteiger partial charge in [-0.25, -0.2) is 9.59 Å². The van der Waals surface area contributed by atoms with Gasteiger partial charge in [-0.05, 0) is 68.7 Å². The van der Waals surface area contributed by atoms with Crippen LogP contribution in [0.25, 0.3) is 5.69 Å². The van der Waals surface area contributed by atoms with Gasteiger partial charge in [0.1, 0.15) is 12.1 Å². The van der Waals surface area contributed by atoms with Gasteiger partial charge in [0.05, 0.1) is 12.2 Å². The minimum absolute atomic E-state index is 0.269. The molecule has 29 heavy (non-hydrogen) atoms. The lowest BCUT2D eigenvalue weighted by Crippen LogP contribution is -2.38. The van der Waals surface area contributed by atoms with E-state index in [4.69, 9.17) is 16.3 Å². The molecule has 0 spiro atoms. The highest BCUT2D eigenvalue weighted by molar-refractivity contribution is 6.30. The number of halogens is 1. The Kier molecular flexibility index (Phi) is 5.53. The van der Waals surface area contributed by atoms with Gasteiger partial charge < -0.3 is 9.84 Å². The summed E-state index contributed by atoms with van der Waals surface area (Å²) in [7, 11) is 0. The number of hydrogen-bond donors (Lipinski definition) is 1. The molecule has 0 bridgehead atoms. The molecule has 8 heteroatoms. The fourth-order valence-corrected chi connectivity index (χ4v) is 3.12. The van der Waals surface area contributed by atoms with E-state index >= 15 is 0 Å². The van der Waals surface area contributed by atoms with Crippen molar-refractivity contribution >= 4 is 17.6 Å². The maximum absolute atomic E-state index is 12.7. The third-order valence-corrected chi connectivity index (χ3v) is 4.80. The van der Waals surface area contributed by atoms with Crippen molar-refractivity contribution in [1.82, 2.24) is 14.3 Å². The number of aromatic nitrogens is 3. The first kappa shape index (κ1) is 20.7. The molecule has 2 aromatic carbocycles. The summed E-state index contributed by atoms with van der Waals surface area (Å²) in [6, 6.07) is 10.6. The first-order valence-electron chi connectivity index (χ1n) is 9.01. The van der Waals surface area contributed by atoms with Crippen LogP contribution in [-0.4, -0.2) is 31.0 Å². The largest absolute Gasteiger partial charge is 0.478 e. The van der Waals surface area contributed by atoms with Crippen molar-refractivity contribution in [3.05, 3.63) is 74.9 Å². The van der Waals surface area contributed by atoms with Crippen molar-refractivity contribution in [2.24, 2.45) is 0 Å². The minimum Gasteiger partial charge on any atom is -0.478 e. The first-order chi connectivity index (χ1) is 13.6. The molecule has 0 fully saturated rings. The Morgan fingerprint density at radius 1 is 1.17 bits per heavy atom. The van der Waals surface area contributed by atoms with E-state index in [0.717, 1.165) is 16.7 Å². The van der Waals surface area contributed by atoms with E-state index in [9.17, 15) is 14.7 Å².